The molecule has 1 aliphatic carbocycles. The summed E-state index contributed by atoms with van der Waals surface area (Å²) in [4.78, 5) is 40.0. The summed E-state index contributed by atoms with van der Waals surface area (Å²) < 4.78 is -0.530. The molecule has 2 fully saturated rings. The Morgan fingerprint density at radius 1 is 1.11 bits per heavy atom. The van der Waals surface area contributed by atoms with Crippen molar-refractivity contribution >= 4 is 29.5 Å². The number of amides is 2. The van der Waals surface area contributed by atoms with Gasteiger partial charge in [-0.1, -0.05) is 49.2 Å². The monoisotopic (exact) mass is 498 g/mol. The molecule has 3 unspecified atom stereocenters. The molecule has 4 rings (SSSR count). The van der Waals surface area contributed by atoms with E-state index >= 15 is 0 Å². The molecule has 0 bridgehead atoms. The van der Waals surface area contributed by atoms with E-state index < -0.39 is 40.7 Å². The number of hydrogen-bond acceptors (Lipinski definition) is 6. The third-order valence-corrected chi connectivity index (χ3v) is 8.68. The first-order valence-electron chi connectivity index (χ1n) is 11.7. The van der Waals surface area contributed by atoms with Crippen molar-refractivity contribution in [3.8, 4) is 5.75 Å². The largest absolute Gasteiger partial charge is 0.508 e. The SMILES string of the molecule is Cc1c(O)cccc1C(=O)NC(Cc1ccccc1)C(O)C(=O)N1CSC2(CCCC2)C1C(=O)O. The molecule has 4 N–H and O–H groups in total. The van der Waals surface area contributed by atoms with Crippen LogP contribution in [-0.4, -0.2) is 66.8 Å². The van der Waals surface area contributed by atoms with Gasteiger partial charge in [0.05, 0.1) is 11.9 Å². The van der Waals surface area contributed by atoms with E-state index in [1.807, 2.05) is 30.3 Å². The minimum absolute atomic E-state index is 0.0332. The number of aliphatic carboxylic acids is 1. The highest BCUT2D eigenvalue weighted by Crippen LogP contribution is 2.51. The van der Waals surface area contributed by atoms with E-state index in [1.165, 1.54) is 22.7 Å². The number of hydrogen-bond donors (Lipinski definition) is 4. The van der Waals surface area contributed by atoms with Gasteiger partial charge in [0.25, 0.3) is 11.8 Å². The van der Waals surface area contributed by atoms with Gasteiger partial charge >= 0.3 is 5.97 Å². The number of benzene rings is 2. The lowest BCUT2D eigenvalue weighted by atomic mass is 9.94. The number of nitrogens with one attached hydrogen (secondary N) is 1. The third kappa shape index (κ3) is 5.01. The minimum atomic E-state index is -1.64. The molecule has 2 amide bonds. The molecule has 186 valence electrons. The van der Waals surface area contributed by atoms with Gasteiger partial charge in [0, 0.05) is 15.9 Å². The molecule has 0 radical (unpaired) electrons. The van der Waals surface area contributed by atoms with Gasteiger partial charge in [-0.05, 0) is 43.9 Å². The number of aromatic hydroxyl groups is 1. The molecular weight excluding hydrogens is 468 g/mol. The van der Waals surface area contributed by atoms with Crippen molar-refractivity contribution < 1.29 is 29.7 Å². The molecule has 1 saturated carbocycles. The molecule has 1 spiro atoms. The highest BCUT2D eigenvalue weighted by molar-refractivity contribution is 8.01. The van der Waals surface area contributed by atoms with Crippen LogP contribution in [0.15, 0.2) is 48.5 Å². The molecule has 3 atom stereocenters. The number of carboxylic acid groups (broad SMARTS) is 1. The van der Waals surface area contributed by atoms with E-state index in [0.717, 1.165) is 31.2 Å². The normalized spacial score (nSPS) is 20.5. The molecule has 9 heteroatoms. The fourth-order valence-corrected chi connectivity index (χ4v) is 6.78. The highest BCUT2D eigenvalue weighted by Gasteiger charge is 2.55. The van der Waals surface area contributed by atoms with Crippen molar-refractivity contribution in [3.63, 3.8) is 0 Å². The Morgan fingerprint density at radius 2 is 1.80 bits per heavy atom. The number of carbonyl (C=O) groups excluding carboxylic acids is 2. The van der Waals surface area contributed by atoms with E-state index in [0.29, 0.717) is 5.56 Å². The molecule has 35 heavy (non-hydrogen) atoms. The Labute approximate surface area is 208 Å². The molecule has 1 aliphatic heterocycles. The number of aliphatic hydroxyl groups excluding tert-OH is 1. The first kappa shape index (κ1) is 25.1. The average Bonchev–Trinajstić information content (AvgIpc) is 3.47. The van der Waals surface area contributed by atoms with Gasteiger partial charge in [-0.2, -0.15) is 0 Å². The summed E-state index contributed by atoms with van der Waals surface area (Å²) in [5.41, 5.74) is 1.41. The van der Waals surface area contributed by atoms with Crippen molar-refractivity contribution in [2.24, 2.45) is 0 Å². The smallest absolute Gasteiger partial charge is 0.327 e. The number of carbonyl (C=O) groups is 3. The van der Waals surface area contributed by atoms with Gasteiger partial charge < -0.3 is 25.5 Å². The Morgan fingerprint density at radius 3 is 2.46 bits per heavy atom. The summed E-state index contributed by atoms with van der Waals surface area (Å²) in [6.07, 6.45) is 1.79. The molecule has 2 aromatic carbocycles. The van der Waals surface area contributed by atoms with Gasteiger partial charge in [0.1, 0.15) is 11.8 Å². The standard InChI is InChI=1S/C26H30N2O6S/c1-16-18(10-7-11-20(16)29)23(31)27-19(14-17-8-3-2-4-9-17)21(30)24(32)28-15-35-26(12-5-6-13-26)22(28)25(33)34/h2-4,7-11,19,21-22,29-30H,5-6,12-15H2,1H3,(H,27,31)(H,33,34). The van der Waals surface area contributed by atoms with Gasteiger partial charge in [-0.25, -0.2) is 4.79 Å². The van der Waals surface area contributed by atoms with E-state index in [-0.39, 0.29) is 23.6 Å². The summed E-state index contributed by atoms with van der Waals surface area (Å²) in [5.74, 6) is -2.16. The van der Waals surface area contributed by atoms with Crippen LogP contribution in [0.2, 0.25) is 0 Å². The van der Waals surface area contributed by atoms with Gasteiger partial charge in [-0.15, -0.1) is 11.8 Å². The number of thioether (sulfide) groups is 1. The van der Waals surface area contributed by atoms with Crippen LogP contribution in [0.3, 0.4) is 0 Å². The van der Waals surface area contributed by atoms with Crippen molar-refractivity contribution in [2.75, 3.05) is 5.88 Å². The predicted octanol–water partition coefficient (Wildman–Crippen LogP) is 2.70. The first-order chi connectivity index (χ1) is 16.7. The Kier molecular flexibility index (Phi) is 7.37. The molecular formula is C26H30N2O6S. The van der Waals surface area contributed by atoms with Crippen molar-refractivity contribution in [1.82, 2.24) is 10.2 Å². The molecule has 2 aliphatic rings. The fraction of sp³-hybridized carbons (Fsp3) is 0.423. The van der Waals surface area contributed by atoms with Crippen molar-refractivity contribution in [2.45, 2.75) is 62.0 Å². The Balaban J connectivity index is 1.60. The van der Waals surface area contributed by atoms with Crippen LogP contribution in [0.25, 0.3) is 0 Å². The van der Waals surface area contributed by atoms with E-state index in [4.69, 9.17) is 0 Å². The van der Waals surface area contributed by atoms with E-state index in [1.54, 1.807) is 19.1 Å². The number of nitrogens with zero attached hydrogens (tertiary/aromatic N) is 1. The van der Waals surface area contributed by atoms with Gasteiger partial charge in [-0.3, -0.25) is 9.59 Å². The summed E-state index contributed by atoms with van der Waals surface area (Å²) in [5, 5.41) is 33.9. The van der Waals surface area contributed by atoms with Crippen molar-refractivity contribution in [1.29, 1.82) is 0 Å². The highest BCUT2D eigenvalue weighted by atomic mass is 32.2. The van der Waals surface area contributed by atoms with Crippen LogP contribution in [0.5, 0.6) is 5.75 Å². The maximum Gasteiger partial charge on any atom is 0.327 e. The summed E-state index contributed by atoms with van der Waals surface area (Å²) in [7, 11) is 0. The summed E-state index contributed by atoms with van der Waals surface area (Å²) in [6.45, 7) is 1.61. The summed E-state index contributed by atoms with van der Waals surface area (Å²) in [6, 6.07) is 11.7. The number of phenolic OH excluding ortho intramolecular Hbond substituents is 1. The fourth-order valence-electron chi connectivity index (χ4n) is 5.14. The lowest BCUT2D eigenvalue weighted by Gasteiger charge is -2.33. The van der Waals surface area contributed by atoms with Crippen LogP contribution in [0.4, 0.5) is 0 Å². The molecule has 0 aromatic heterocycles. The molecule has 8 nitrogen and oxygen atoms in total. The predicted molar refractivity (Wildman–Crippen MR) is 132 cm³/mol. The van der Waals surface area contributed by atoms with Gasteiger partial charge in [0.2, 0.25) is 0 Å². The second kappa shape index (κ2) is 10.3. The van der Waals surface area contributed by atoms with Gasteiger partial charge in [0.15, 0.2) is 6.10 Å². The topological polar surface area (TPSA) is 127 Å². The quantitative estimate of drug-likeness (QED) is 0.462. The second-order valence-corrected chi connectivity index (χ2v) is 10.6. The number of carboxylic acids is 1. The zero-order chi connectivity index (χ0) is 25.2. The first-order valence-corrected chi connectivity index (χ1v) is 12.7. The van der Waals surface area contributed by atoms with Crippen LogP contribution in [-0.2, 0) is 16.0 Å². The lowest BCUT2D eigenvalue weighted by molar-refractivity contribution is -0.154. The maximum absolute atomic E-state index is 13.5. The van der Waals surface area contributed by atoms with Crippen LogP contribution in [0, 0.1) is 6.92 Å². The van der Waals surface area contributed by atoms with Crippen molar-refractivity contribution in [3.05, 3.63) is 65.2 Å². The Bertz CT molecular complexity index is 1100. The van der Waals surface area contributed by atoms with E-state index in [9.17, 15) is 29.7 Å². The lowest BCUT2D eigenvalue weighted by Crippen LogP contribution is -2.57. The minimum Gasteiger partial charge on any atom is -0.508 e. The summed E-state index contributed by atoms with van der Waals surface area (Å²) >= 11 is 1.47. The average molecular weight is 499 g/mol. The van der Waals surface area contributed by atoms with Crippen LogP contribution in [0.1, 0.15) is 47.2 Å². The second-order valence-electron chi connectivity index (χ2n) is 9.26. The zero-order valence-corrected chi connectivity index (χ0v) is 20.3. The van der Waals surface area contributed by atoms with Crippen LogP contribution < -0.4 is 5.32 Å². The molecule has 1 saturated heterocycles. The maximum atomic E-state index is 13.5. The van der Waals surface area contributed by atoms with E-state index in [2.05, 4.69) is 5.32 Å². The third-order valence-electron chi connectivity index (χ3n) is 7.07. The number of phenols is 1. The Hall–Kier alpha value is -3.04. The number of rotatable bonds is 7. The molecule has 2 aromatic rings. The zero-order valence-electron chi connectivity index (χ0n) is 19.5. The molecule has 1 heterocycles. The van der Waals surface area contributed by atoms with Crippen LogP contribution >= 0.6 is 11.8 Å². The number of aliphatic hydroxyl groups is 1.